The molecule has 1 aromatic rings. The summed E-state index contributed by atoms with van der Waals surface area (Å²) in [5.41, 5.74) is 0.781. The van der Waals surface area contributed by atoms with Crippen LogP contribution in [0.25, 0.3) is 0 Å². The molecule has 21 heavy (non-hydrogen) atoms. The van der Waals surface area contributed by atoms with Crippen molar-refractivity contribution < 1.29 is 13.6 Å². The Morgan fingerprint density at radius 1 is 1.19 bits per heavy atom. The molecule has 0 atom stereocenters. The van der Waals surface area contributed by atoms with Crippen molar-refractivity contribution in [1.29, 1.82) is 0 Å². The standard InChI is InChI=1S/C16H26O3SSi/c1-16(2,15(17)14-10-7-6-8-11-14)20-12-9-13-21(5,18-3)19-4/h6-8,10-11H,9,12-13H2,1-5H3. The average Bonchev–Trinajstić information content (AvgIpc) is 2.51. The molecule has 0 spiro atoms. The van der Waals surface area contributed by atoms with E-state index in [9.17, 15) is 4.79 Å². The second kappa shape index (κ2) is 8.13. The number of thioether (sulfide) groups is 1. The summed E-state index contributed by atoms with van der Waals surface area (Å²) in [5, 5.41) is 0. The molecule has 118 valence electrons. The fraction of sp³-hybridized carbons (Fsp3) is 0.562. The van der Waals surface area contributed by atoms with Gasteiger partial charge in [-0.3, -0.25) is 4.79 Å². The minimum atomic E-state index is -1.98. The molecule has 0 saturated carbocycles. The first-order chi connectivity index (χ1) is 9.84. The Kier molecular flexibility index (Phi) is 7.13. The number of carbonyl (C=O) groups excluding carboxylic acids is 1. The van der Waals surface area contributed by atoms with E-state index < -0.39 is 13.3 Å². The van der Waals surface area contributed by atoms with E-state index in [2.05, 4.69) is 6.55 Å². The van der Waals surface area contributed by atoms with Crippen LogP contribution in [0.5, 0.6) is 0 Å². The zero-order valence-corrected chi connectivity index (χ0v) is 15.5. The first-order valence-electron chi connectivity index (χ1n) is 7.19. The van der Waals surface area contributed by atoms with Gasteiger partial charge in [-0.05, 0) is 38.6 Å². The molecule has 0 unspecified atom stereocenters. The quantitative estimate of drug-likeness (QED) is 0.388. The second-order valence-corrected chi connectivity index (χ2v) is 11.0. The average molecular weight is 327 g/mol. The van der Waals surface area contributed by atoms with Crippen LogP contribution in [0, 0.1) is 0 Å². The molecule has 1 rings (SSSR count). The monoisotopic (exact) mass is 326 g/mol. The molecule has 5 heteroatoms. The number of ketones is 1. The summed E-state index contributed by atoms with van der Waals surface area (Å²) in [6.45, 7) is 6.06. The van der Waals surface area contributed by atoms with Crippen LogP contribution < -0.4 is 0 Å². The lowest BCUT2D eigenvalue weighted by Gasteiger charge is -2.25. The zero-order valence-electron chi connectivity index (χ0n) is 13.6. The van der Waals surface area contributed by atoms with Crippen LogP contribution in [-0.4, -0.2) is 39.1 Å². The normalized spacial score (nSPS) is 12.4. The molecule has 0 amide bonds. The maximum absolute atomic E-state index is 12.5. The van der Waals surface area contributed by atoms with Crippen LogP contribution in [0.4, 0.5) is 0 Å². The summed E-state index contributed by atoms with van der Waals surface area (Å²) < 4.78 is 10.5. The van der Waals surface area contributed by atoms with Crippen molar-refractivity contribution in [3.8, 4) is 0 Å². The van der Waals surface area contributed by atoms with Crippen molar-refractivity contribution in [3.05, 3.63) is 35.9 Å². The van der Waals surface area contributed by atoms with E-state index in [1.165, 1.54) is 0 Å². The molecule has 0 bridgehead atoms. The van der Waals surface area contributed by atoms with Crippen molar-refractivity contribution in [2.75, 3.05) is 20.0 Å². The first kappa shape index (κ1) is 18.4. The molecule has 0 aliphatic heterocycles. The lowest BCUT2D eigenvalue weighted by atomic mass is 10.0. The van der Waals surface area contributed by atoms with Crippen molar-refractivity contribution >= 4 is 26.1 Å². The number of rotatable bonds is 9. The van der Waals surface area contributed by atoms with Gasteiger partial charge < -0.3 is 8.85 Å². The Labute approximate surface area is 133 Å². The molecule has 0 aliphatic carbocycles. The SMILES string of the molecule is CO[Si](C)(CCCSC(C)(C)C(=O)c1ccccc1)OC. The largest absolute Gasteiger partial charge is 0.398 e. The van der Waals surface area contributed by atoms with Gasteiger partial charge in [0.1, 0.15) is 0 Å². The van der Waals surface area contributed by atoms with Crippen LogP contribution >= 0.6 is 11.8 Å². The van der Waals surface area contributed by atoms with Crippen LogP contribution in [0.15, 0.2) is 30.3 Å². The summed E-state index contributed by atoms with van der Waals surface area (Å²) in [7, 11) is 1.44. The first-order valence-corrected chi connectivity index (χ1v) is 10.7. The number of hydrogen-bond acceptors (Lipinski definition) is 4. The third-order valence-electron chi connectivity index (χ3n) is 3.68. The topological polar surface area (TPSA) is 35.5 Å². The summed E-state index contributed by atoms with van der Waals surface area (Å²) in [5.74, 6) is 1.12. The number of Topliss-reactive ketones (excluding diaryl/α,β-unsaturated/α-hetero) is 1. The van der Waals surface area contributed by atoms with E-state index >= 15 is 0 Å². The molecule has 0 N–H and O–H groups in total. The molecule has 0 radical (unpaired) electrons. The Morgan fingerprint density at radius 2 is 1.76 bits per heavy atom. The summed E-state index contributed by atoms with van der Waals surface area (Å²) in [6, 6.07) is 10.4. The van der Waals surface area contributed by atoms with E-state index in [1.54, 1.807) is 26.0 Å². The van der Waals surface area contributed by atoms with Crippen molar-refractivity contribution in [1.82, 2.24) is 0 Å². The van der Waals surface area contributed by atoms with E-state index in [1.807, 2.05) is 44.2 Å². The van der Waals surface area contributed by atoms with Gasteiger partial charge in [-0.15, -0.1) is 11.8 Å². The van der Waals surface area contributed by atoms with Crippen molar-refractivity contribution in [3.63, 3.8) is 0 Å². The van der Waals surface area contributed by atoms with Crippen LogP contribution in [-0.2, 0) is 8.85 Å². The van der Waals surface area contributed by atoms with Crippen molar-refractivity contribution in [2.24, 2.45) is 0 Å². The molecule has 1 aromatic carbocycles. The molecule has 0 fully saturated rings. The summed E-state index contributed by atoms with van der Waals surface area (Å²) in [4.78, 5) is 12.5. The van der Waals surface area contributed by atoms with Crippen LogP contribution in [0.1, 0.15) is 30.6 Å². The molecule has 0 heterocycles. The second-order valence-electron chi connectivity index (χ2n) is 5.70. The van der Waals surface area contributed by atoms with Crippen molar-refractivity contribution in [2.45, 2.75) is 37.6 Å². The lowest BCUT2D eigenvalue weighted by molar-refractivity contribution is 0.0958. The van der Waals surface area contributed by atoms with E-state index in [-0.39, 0.29) is 5.78 Å². The van der Waals surface area contributed by atoms with Gasteiger partial charge in [-0.25, -0.2) is 0 Å². The Hall–Kier alpha value is -0.623. The van der Waals surface area contributed by atoms with Gasteiger partial charge in [0.2, 0.25) is 0 Å². The highest BCUT2D eigenvalue weighted by Crippen LogP contribution is 2.30. The Morgan fingerprint density at radius 3 is 2.29 bits per heavy atom. The molecular formula is C16H26O3SSi. The Bertz CT molecular complexity index is 444. The molecular weight excluding hydrogens is 300 g/mol. The van der Waals surface area contributed by atoms with Gasteiger partial charge in [0, 0.05) is 19.8 Å². The Balaban J connectivity index is 2.48. The highest BCUT2D eigenvalue weighted by molar-refractivity contribution is 8.01. The third kappa shape index (κ3) is 5.58. The van der Waals surface area contributed by atoms with Crippen LogP contribution in [0.2, 0.25) is 12.6 Å². The minimum Gasteiger partial charge on any atom is -0.398 e. The molecule has 0 saturated heterocycles. The highest BCUT2D eigenvalue weighted by Gasteiger charge is 2.31. The number of benzene rings is 1. The maximum atomic E-state index is 12.5. The highest BCUT2D eigenvalue weighted by atomic mass is 32.2. The van der Waals surface area contributed by atoms with E-state index in [0.717, 1.165) is 23.8 Å². The van der Waals surface area contributed by atoms with Crippen LogP contribution in [0.3, 0.4) is 0 Å². The fourth-order valence-electron chi connectivity index (χ4n) is 2.01. The predicted molar refractivity (Wildman–Crippen MR) is 92.4 cm³/mol. The smallest absolute Gasteiger partial charge is 0.334 e. The number of hydrogen-bond donors (Lipinski definition) is 0. The zero-order chi connectivity index (χ0) is 15.9. The fourth-order valence-corrected chi connectivity index (χ4v) is 4.71. The summed E-state index contributed by atoms with van der Waals surface area (Å²) >= 11 is 1.70. The van der Waals surface area contributed by atoms with E-state index in [4.69, 9.17) is 8.85 Å². The summed E-state index contributed by atoms with van der Waals surface area (Å²) in [6.07, 6.45) is 1.00. The predicted octanol–water partition coefficient (Wildman–Crippen LogP) is 4.14. The van der Waals surface area contributed by atoms with E-state index in [0.29, 0.717) is 0 Å². The van der Waals surface area contributed by atoms with Gasteiger partial charge in [-0.2, -0.15) is 0 Å². The minimum absolute atomic E-state index is 0.187. The maximum Gasteiger partial charge on any atom is 0.334 e. The molecule has 0 aliphatic rings. The van der Waals surface area contributed by atoms with Gasteiger partial charge in [0.15, 0.2) is 5.78 Å². The van der Waals surface area contributed by atoms with Gasteiger partial charge in [0.05, 0.1) is 4.75 Å². The lowest BCUT2D eigenvalue weighted by Crippen LogP contribution is -2.36. The van der Waals surface area contributed by atoms with Gasteiger partial charge in [0.25, 0.3) is 0 Å². The molecule has 3 nitrogen and oxygen atoms in total. The third-order valence-corrected chi connectivity index (χ3v) is 8.07. The van der Waals surface area contributed by atoms with Gasteiger partial charge in [-0.1, -0.05) is 30.3 Å². The number of carbonyl (C=O) groups is 1. The molecule has 0 aromatic heterocycles. The van der Waals surface area contributed by atoms with Gasteiger partial charge >= 0.3 is 8.56 Å².